The maximum atomic E-state index is 5.90. The van der Waals surface area contributed by atoms with E-state index in [2.05, 4.69) is 9.97 Å². The van der Waals surface area contributed by atoms with E-state index >= 15 is 0 Å². The minimum absolute atomic E-state index is 0.00254. The Kier molecular flexibility index (Phi) is 3.58. The molecule has 0 saturated carbocycles. The SMILES string of the molecule is Cc1csc(Sc2ncccc2[C@@H](C)N)n1. The molecule has 0 aliphatic heterocycles. The topological polar surface area (TPSA) is 51.8 Å². The standard InChI is InChI=1S/C11H13N3S2/c1-7-6-15-11(14-7)16-10-9(8(2)12)4-3-5-13-10/h3-6,8H,12H2,1-2H3/t8-/m1/s1. The Balaban J connectivity index is 2.27. The smallest absolute Gasteiger partial charge is 0.156 e. The van der Waals surface area contributed by atoms with Gasteiger partial charge in [0.2, 0.25) is 0 Å². The van der Waals surface area contributed by atoms with Gasteiger partial charge in [-0.1, -0.05) is 6.07 Å². The minimum Gasteiger partial charge on any atom is -0.324 e. The molecular formula is C11H13N3S2. The van der Waals surface area contributed by atoms with Gasteiger partial charge in [-0.05, 0) is 31.7 Å². The molecular weight excluding hydrogens is 238 g/mol. The molecule has 0 fully saturated rings. The number of nitrogens with zero attached hydrogens (tertiary/aromatic N) is 2. The third kappa shape index (κ3) is 2.61. The molecule has 3 nitrogen and oxygen atoms in total. The molecule has 0 aliphatic rings. The highest BCUT2D eigenvalue weighted by Crippen LogP contribution is 2.32. The normalized spacial score (nSPS) is 12.7. The lowest BCUT2D eigenvalue weighted by Gasteiger charge is -2.09. The number of aryl methyl sites for hydroxylation is 1. The van der Waals surface area contributed by atoms with E-state index in [9.17, 15) is 0 Å². The minimum atomic E-state index is -0.00254. The van der Waals surface area contributed by atoms with E-state index in [4.69, 9.17) is 5.73 Å². The highest BCUT2D eigenvalue weighted by molar-refractivity contribution is 8.01. The van der Waals surface area contributed by atoms with Crippen LogP contribution in [0.15, 0.2) is 33.1 Å². The number of aromatic nitrogens is 2. The third-order valence-electron chi connectivity index (χ3n) is 2.07. The maximum Gasteiger partial charge on any atom is 0.156 e. The molecule has 0 aromatic carbocycles. The molecule has 0 amide bonds. The molecule has 16 heavy (non-hydrogen) atoms. The van der Waals surface area contributed by atoms with Crippen molar-refractivity contribution in [3.8, 4) is 0 Å². The number of thiazole rings is 1. The first kappa shape index (κ1) is 11.6. The molecule has 2 aromatic heterocycles. The van der Waals surface area contributed by atoms with Gasteiger partial charge in [-0.2, -0.15) is 0 Å². The summed E-state index contributed by atoms with van der Waals surface area (Å²) in [5.74, 6) is 0. The average molecular weight is 251 g/mol. The molecule has 84 valence electrons. The predicted molar refractivity (Wildman–Crippen MR) is 67.8 cm³/mol. The van der Waals surface area contributed by atoms with Crippen LogP contribution in [0.2, 0.25) is 0 Å². The zero-order chi connectivity index (χ0) is 11.5. The number of hydrogen-bond donors (Lipinski definition) is 1. The van der Waals surface area contributed by atoms with Gasteiger partial charge in [0.05, 0.1) is 0 Å². The van der Waals surface area contributed by atoms with Crippen LogP contribution in [0.1, 0.15) is 24.2 Å². The van der Waals surface area contributed by atoms with Crippen LogP contribution in [0.4, 0.5) is 0 Å². The first-order chi connectivity index (χ1) is 7.66. The molecule has 2 N–H and O–H groups in total. The summed E-state index contributed by atoms with van der Waals surface area (Å²) in [6.45, 7) is 3.96. The Morgan fingerprint density at radius 1 is 1.50 bits per heavy atom. The Morgan fingerprint density at radius 3 is 2.94 bits per heavy atom. The Morgan fingerprint density at radius 2 is 2.31 bits per heavy atom. The Bertz CT molecular complexity index is 480. The predicted octanol–water partition coefficient (Wildman–Crippen LogP) is 3.02. The molecule has 5 heteroatoms. The van der Waals surface area contributed by atoms with Crippen LogP contribution in [0.25, 0.3) is 0 Å². The van der Waals surface area contributed by atoms with Gasteiger partial charge in [0.25, 0.3) is 0 Å². The molecule has 0 saturated heterocycles. The van der Waals surface area contributed by atoms with Crippen molar-refractivity contribution in [2.75, 3.05) is 0 Å². The fourth-order valence-electron chi connectivity index (χ4n) is 1.30. The van der Waals surface area contributed by atoms with Crippen LogP contribution >= 0.6 is 23.1 Å². The second kappa shape index (κ2) is 4.95. The molecule has 2 rings (SSSR count). The van der Waals surface area contributed by atoms with Crippen LogP contribution in [0.5, 0.6) is 0 Å². The Labute approximate surface area is 103 Å². The van der Waals surface area contributed by atoms with E-state index in [-0.39, 0.29) is 6.04 Å². The molecule has 0 radical (unpaired) electrons. The summed E-state index contributed by atoms with van der Waals surface area (Å²) in [7, 11) is 0. The van der Waals surface area contributed by atoms with Crippen LogP contribution < -0.4 is 5.73 Å². The van der Waals surface area contributed by atoms with Crippen molar-refractivity contribution in [2.45, 2.75) is 29.3 Å². The fourth-order valence-corrected chi connectivity index (χ4v) is 3.23. The molecule has 2 heterocycles. The summed E-state index contributed by atoms with van der Waals surface area (Å²) < 4.78 is 1.01. The van der Waals surface area contributed by atoms with E-state index in [0.717, 1.165) is 20.6 Å². The van der Waals surface area contributed by atoms with Crippen molar-refractivity contribution in [1.29, 1.82) is 0 Å². The zero-order valence-corrected chi connectivity index (χ0v) is 10.8. The van der Waals surface area contributed by atoms with E-state index in [1.807, 2.05) is 31.4 Å². The lowest BCUT2D eigenvalue weighted by atomic mass is 10.2. The summed E-state index contributed by atoms with van der Waals surface area (Å²) in [6.07, 6.45) is 1.79. The van der Waals surface area contributed by atoms with Crippen molar-refractivity contribution in [2.24, 2.45) is 5.73 Å². The van der Waals surface area contributed by atoms with Crippen LogP contribution in [-0.2, 0) is 0 Å². The second-order valence-electron chi connectivity index (χ2n) is 3.54. The summed E-state index contributed by atoms with van der Waals surface area (Å²) >= 11 is 3.22. The highest BCUT2D eigenvalue weighted by atomic mass is 32.2. The molecule has 0 spiro atoms. The quantitative estimate of drug-likeness (QED) is 0.911. The zero-order valence-electron chi connectivity index (χ0n) is 9.18. The van der Waals surface area contributed by atoms with Gasteiger partial charge in [-0.15, -0.1) is 11.3 Å². The maximum absolute atomic E-state index is 5.90. The van der Waals surface area contributed by atoms with Crippen molar-refractivity contribution in [3.05, 3.63) is 35.0 Å². The van der Waals surface area contributed by atoms with Gasteiger partial charge in [0, 0.05) is 28.9 Å². The number of pyridine rings is 1. The highest BCUT2D eigenvalue weighted by Gasteiger charge is 2.10. The monoisotopic (exact) mass is 251 g/mol. The van der Waals surface area contributed by atoms with Crippen molar-refractivity contribution >= 4 is 23.1 Å². The number of hydrogen-bond acceptors (Lipinski definition) is 5. The van der Waals surface area contributed by atoms with E-state index in [1.54, 1.807) is 29.3 Å². The summed E-state index contributed by atoms with van der Waals surface area (Å²) in [5, 5.41) is 2.99. The summed E-state index contributed by atoms with van der Waals surface area (Å²) in [6, 6.07) is 3.92. The molecule has 1 atom stereocenters. The average Bonchev–Trinajstić information content (AvgIpc) is 2.64. The summed E-state index contributed by atoms with van der Waals surface area (Å²) in [4.78, 5) is 8.76. The van der Waals surface area contributed by atoms with Gasteiger partial charge in [0.15, 0.2) is 4.34 Å². The number of rotatable bonds is 3. The van der Waals surface area contributed by atoms with E-state index < -0.39 is 0 Å². The van der Waals surface area contributed by atoms with Crippen LogP contribution in [0.3, 0.4) is 0 Å². The van der Waals surface area contributed by atoms with Crippen LogP contribution in [-0.4, -0.2) is 9.97 Å². The van der Waals surface area contributed by atoms with Gasteiger partial charge >= 0.3 is 0 Å². The van der Waals surface area contributed by atoms with Crippen molar-refractivity contribution in [1.82, 2.24) is 9.97 Å². The molecule has 0 bridgehead atoms. The van der Waals surface area contributed by atoms with Gasteiger partial charge in [-0.25, -0.2) is 9.97 Å². The van der Waals surface area contributed by atoms with E-state index in [1.165, 1.54) is 0 Å². The fraction of sp³-hybridized carbons (Fsp3) is 0.273. The first-order valence-corrected chi connectivity index (χ1v) is 6.67. The van der Waals surface area contributed by atoms with Gasteiger partial charge < -0.3 is 5.73 Å². The van der Waals surface area contributed by atoms with E-state index in [0.29, 0.717) is 0 Å². The first-order valence-electron chi connectivity index (χ1n) is 4.97. The third-order valence-corrected chi connectivity index (χ3v) is 4.16. The van der Waals surface area contributed by atoms with Gasteiger partial charge in [-0.3, -0.25) is 0 Å². The van der Waals surface area contributed by atoms with Crippen molar-refractivity contribution < 1.29 is 0 Å². The summed E-state index contributed by atoms with van der Waals surface area (Å²) in [5.41, 5.74) is 8.02. The van der Waals surface area contributed by atoms with Crippen molar-refractivity contribution in [3.63, 3.8) is 0 Å². The lowest BCUT2D eigenvalue weighted by Crippen LogP contribution is -2.06. The Hall–Kier alpha value is -0.910. The van der Waals surface area contributed by atoms with Gasteiger partial charge in [0.1, 0.15) is 5.03 Å². The second-order valence-corrected chi connectivity index (χ2v) is 5.64. The van der Waals surface area contributed by atoms with Crippen LogP contribution in [0, 0.1) is 6.92 Å². The molecule has 2 aromatic rings. The molecule has 0 aliphatic carbocycles. The lowest BCUT2D eigenvalue weighted by molar-refractivity contribution is 0.779. The molecule has 0 unspecified atom stereocenters. The number of nitrogens with two attached hydrogens (primary N) is 1. The largest absolute Gasteiger partial charge is 0.324 e.